The second kappa shape index (κ2) is 5.64. The first-order valence-corrected chi connectivity index (χ1v) is 7.47. The molecule has 5 nitrogen and oxygen atoms in total. The van der Waals surface area contributed by atoms with Gasteiger partial charge in [-0.1, -0.05) is 6.08 Å². The summed E-state index contributed by atoms with van der Waals surface area (Å²) in [7, 11) is -2.15. The van der Waals surface area contributed by atoms with Crippen LogP contribution in [0.5, 0.6) is 0 Å². The number of rotatable bonds is 6. The molecule has 1 heterocycles. The summed E-state index contributed by atoms with van der Waals surface area (Å²) in [6.45, 7) is 5.46. The van der Waals surface area contributed by atoms with Crippen LogP contribution in [0, 0.1) is 6.92 Å². The van der Waals surface area contributed by atoms with Gasteiger partial charge in [-0.15, -0.1) is 17.9 Å². The van der Waals surface area contributed by atoms with E-state index in [0.29, 0.717) is 17.8 Å². The highest BCUT2D eigenvalue weighted by atomic mass is 32.2. The lowest BCUT2D eigenvalue weighted by molar-refractivity contribution is 0.0702. The van der Waals surface area contributed by atoms with Crippen LogP contribution in [0.4, 0.5) is 0 Å². The number of nitrogens with zero attached hydrogens (tertiary/aromatic N) is 1. The van der Waals surface area contributed by atoms with Crippen molar-refractivity contribution in [3.05, 3.63) is 28.5 Å². The molecule has 0 amide bonds. The second-order valence-electron chi connectivity index (χ2n) is 3.74. The summed E-state index contributed by atoms with van der Waals surface area (Å²) in [5.41, 5.74) is 0. The van der Waals surface area contributed by atoms with Gasteiger partial charge in [-0.05, 0) is 19.4 Å². The van der Waals surface area contributed by atoms with E-state index < -0.39 is 16.0 Å². The molecule has 18 heavy (non-hydrogen) atoms. The predicted octanol–water partition coefficient (Wildman–Crippen LogP) is 1.95. The maximum absolute atomic E-state index is 12.2. The molecule has 0 aliphatic heterocycles. The summed E-state index contributed by atoms with van der Waals surface area (Å²) >= 11 is 0.965. The molecule has 0 saturated heterocycles. The van der Waals surface area contributed by atoms with E-state index in [0.717, 1.165) is 11.3 Å². The van der Waals surface area contributed by atoms with E-state index in [9.17, 15) is 13.2 Å². The van der Waals surface area contributed by atoms with E-state index in [1.54, 1.807) is 13.0 Å². The van der Waals surface area contributed by atoms with Crippen molar-refractivity contribution in [1.82, 2.24) is 4.31 Å². The van der Waals surface area contributed by atoms with Crippen molar-refractivity contribution in [2.24, 2.45) is 0 Å². The van der Waals surface area contributed by atoms with Crippen LogP contribution in [0.2, 0.25) is 0 Å². The molecule has 0 atom stereocenters. The Labute approximate surface area is 110 Å². The van der Waals surface area contributed by atoms with E-state index in [-0.39, 0.29) is 9.77 Å². The van der Waals surface area contributed by atoms with Crippen molar-refractivity contribution >= 4 is 27.3 Å². The van der Waals surface area contributed by atoms with Crippen LogP contribution in [-0.2, 0) is 10.0 Å². The zero-order chi connectivity index (χ0) is 13.9. The Bertz CT molecular complexity index is 560. The van der Waals surface area contributed by atoms with Gasteiger partial charge in [-0.25, -0.2) is 17.5 Å². The van der Waals surface area contributed by atoms with Gasteiger partial charge in [-0.2, -0.15) is 0 Å². The quantitative estimate of drug-likeness (QED) is 0.812. The Hall–Kier alpha value is -1.18. The first kappa shape index (κ1) is 14.9. The molecule has 0 radical (unpaired) electrons. The number of aryl methyl sites for hydroxylation is 1. The number of carboxylic acid groups (broad SMARTS) is 1. The highest BCUT2D eigenvalue weighted by Crippen LogP contribution is 2.27. The highest BCUT2D eigenvalue weighted by Gasteiger charge is 2.25. The van der Waals surface area contributed by atoms with Crippen molar-refractivity contribution < 1.29 is 18.3 Å². The van der Waals surface area contributed by atoms with Crippen molar-refractivity contribution in [2.45, 2.75) is 18.2 Å². The molecule has 1 aromatic rings. The second-order valence-corrected chi connectivity index (χ2v) is 7.01. The topological polar surface area (TPSA) is 74.7 Å². The van der Waals surface area contributed by atoms with E-state index in [2.05, 4.69) is 6.58 Å². The van der Waals surface area contributed by atoms with E-state index in [1.807, 2.05) is 0 Å². The van der Waals surface area contributed by atoms with Crippen molar-refractivity contribution in [3.8, 4) is 0 Å². The lowest BCUT2D eigenvalue weighted by Gasteiger charge is -2.15. The summed E-state index contributed by atoms with van der Waals surface area (Å²) in [6, 6.07) is 1.21. The minimum absolute atomic E-state index is 0.0307. The minimum Gasteiger partial charge on any atom is -0.477 e. The number of thiophene rings is 1. The largest absolute Gasteiger partial charge is 0.477 e. The highest BCUT2D eigenvalue weighted by molar-refractivity contribution is 7.89. The molecule has 0 aromatic carbocycles. The summed E-state index contributed by atoms with van der Waals surface area (Å²) < 4.78 is 25.6. The molecule has 0 spiro atoms. The molecular weight excluding hydrogens is 274 g/mol. The van der Waals surface area contributed by atoms with Gasteiger partial charge in [0, 0.05) is 18.5 Å². The summed E-state index contributed by atoms with van der Waals surface area (Å²) in [6.07, 6.45) is 2.18. The maximum Gasteiger partial charge on any atom is 0.345 e. The number of aromatic carboxylic acids is 1. The van der Waals surface area contributed by atoms with Crippen molar-refractivity contribution in [2.75, 3.05) is 13.6 Å². The summed E-state index contributed by atoms with van der Waals surface area (Å²) in [5.74, 6) is -1.11. The fourth-order valence-corrected chi connectivity index (χ4v) is 3.97. The Balaban J connectivity index is 3.12. The first-order chi connectivity index (χ1) is 8.30. The third kappa shape index (κ3) is 2.98. The molecule has 0 saturated carbocycles. The Kier molecular flexibility index (Phi) is 4.66. The molecule has 100 valence electrons. The van der Waals surface area contributed by atoms with Gasteiger partial charge >= 0.3 is 5.97 Å². The zero-order valence-electron chi connectivity index (χ0n) is 10.2. The molecule has 0 fully saturated rings. The van der Waals surface area contributed by atoms with Gasteiger partial charge < -0.3 is 5.11 Å². The lowest BCUT2D eigenvalue weighted by Crippen LogP contribution is -2.27. The average molecular weight is 289 g/mol. The standard InChI is InChI=1S/C11H15NO4S2/c1-4-5-6-12(3)18(15,16)10-7-9(11(13)14)17-8(10)2/h4,7H,1,5-6H2,2-3H3,(H,13,14). The van der Waals surface area contributed by atoms with Gasteiger partial charge in [0.15, 0.2) is 0 Å². The van der Waals surface area contributed by atoms with Gasteiger partial charge in [-0.3, -0.25) is 0 Å². The molecule has 0 bridgehead atoms. The van der Waals surface area contributed by atoms with Gasteiger partial charge in [0.05, 0.1) is 4.90 Å². The number of carboxylic acids is 1. The minimum atomic E-state index is -3.62. The van der Waals surface area contributed by atoms with Crippen LogP contribution in [0.25, 0.3) is 0 Å². The van der Waals surface area contributed by atoms with Gasteiger partial charge in [0.2, 0.25) is 10.0 Å². The normalized spacial score (nSPS) is 11.7. The molecular formula is C11H15NO4S2. The number of sulfonamides is 1. The number of hydrogen-bond donors (Lipinski definition) is 1. The van der Waals surface area contributed by atoms with Crippen LogP contribution < -0.4 is 0 Å². The van der Waals surface area contributed by atoms with Crippen LogP contribution in [0.1, 0.15) is 21.0 Å². The van der Waals surface area contributed by atoms with Crippen LogP contribution in [0.15, 0.2) is 23.6 Å². The van der Waals surface area contributed by atoms with Gasteiger partial charge in [0.1, 0.15) is 4.88 Å². The molecule has 1 aromatic heterocycles. The molecule has 1 N–H and O–H groups in total. The number of hydrogen-bond acceptors (Lipinski definition) is 4. The Morgan fingerprint density at radius 1 is 1.61 bits per heavy atom. The predicted molar refractivity (Wildman–Crippen MR) is 70.6 cm³/mol. The van der Waals surface area contributed by atoms with Crippen molar-refractivity contribution in [1.29, 1.82) is 0 Å². The third-order valence-corrected chi connectivity index (χ3v) is 5.57. The maximum atomic E-state index is 12.2. The molecule has 7 heteroatoms. The Morgan fingerprint density at radius 3 is 2.67 bits per heavy atom. The molecule has 1 rings (SSSR count). The van der Waals surface area contributed by atoms with E-state index in [4.69, 9.17) is 5.11 Å². The van der Waals surface area contributed by atoms with Crippen molar-refractivity contribution in [3.63, 3.8) is 0 Å². The van der Waals surface area contributed by atoms with Crippen LogP contribution in [-0.4, -0.2) is 37.4 Å². The monoisotopic (exact) mass is 289 g/mol. The third-order valence-electron chi connectivity index (χ3n) is 2.42. The smallest absolute Gasteiger partial charge is 0.345 e. The molecule has 0 unspecified atom stereocenters. The van der Waals surface area contributed by atoms with Gasteiger partial charge in [0.25, 0.3) is 0 Å². The Morgan fingerprint density at radius 2 is 2.22 bits per heavy atom. The first-order valence-electron chi connectivity index (χ1n) is 5.21. The average Bonchev–Trinajstić information content (AvgIpc) is 2.68. The van der Waals surface area contributed by atoms with E-state index in [1.165, 1.54) is 17.4 Å². The van der Waals surface area contributed by atoms with Crippen LogP contribution in [0.3, 0.4) is 0 Å². The summed E-state index contributed by atoms with van der Waals surface area (Å²) in [5, 5.41) is 8.86. The van der Waals surface area contributed by atoms with Crippen LogP contribution >= 0.6 is 11.3 Å². The zero-order valence-corrected chi connectivity index (χ0v) is 11.8. The molecule has 0 aliphatic carbocycles. The van der Waals surface area contributed by atoms with E-state index >= 15 is 0 Å². The number of carbonyl (C=O) groups is 1. The summed E-state index contributed by atoms with van der Waals surface area (Å²) in [4.78, 5) is 11.4. The fraction of sp³-hybridized carbons (Fsp3) is 0.364. The lowest BCUT2D eigenvalue weighted by atomic mass is 10.4. The molecule has 0 aliphatic rings. The fourth-order valence-electron chi connectivity index (χ4n) is 1.39. The SMILES string of the molecule is C=CCCN(C)S(=O)(=O)c1cc(C(=O)O)sc1C.